The first-order valence-electron chi connectivity index (χ1n) is 7.24. The summed E-state index contributed by atoms with van der Waals surface area (Å²) in [6, 6.07) is 12.9. The van der Waals surface area contributed by atoms with Gasteiger partial charge in [-0.25, -0.2) is 0 Å². The highest BCUT2D eigenvalue weighted by atomic mass is 35.5. The fourth-order valence-electron chi connectivity index (χ4n) is 3.06. The van der Waals surface area contributed by atoms with E-state index in [-0.39, 0.29) is 10.7 Å². The number of aliphatic imine (C=N–C) groups is 1. The molecule has 0 atom stereocenters. The minimum absolute atomic E-state index is 0.102. The van der Waals surface area contributed by atoms with Crippen molar-refractivity contribution in [2.24, 2.45) is 4.99 Å². The highest BCUT2D eigenvalue weighted by molar-refractivity contribution is 6.33. The largest absolute Gasteiger partial charge is 0.353 e. The van der Waals surface area contributed by atoms with Gasteiger partial charge in [0.05, 0.1) is 16.3 Å². The number of rotatable bonds is 2. The van der Waals surface area contributed by atoms with Crippen molar-refractivity contribution in [3.05, 3.63) is 74.4 Å². The topological polar surface area (TPSA) is 71.3 Å². The van der Waals surface area contributed by atoms with Crippen LogP contribution in [0.25, 0.3) is 10.9 Å². The maximum absolute atomic E-state index is 11.1. The Morgan fingerprint density at radius 2 is 2.04 bits per heavy atom. The summed E-state index contributed by atoms with van der Waals surface area (Å²) in [4.78, 5) is 18.6. The van der Waals surface area contributed by atoms with E-state index in [2.05, 4.69) is 16.0 Å². The van der Waals surface area contributed by atoms with Crippen LogP contribution in [0.15, 0.2) is 47.5 Å². The van der Waals surface area contributed by atoms with Crippen molar-refractivity contribution >= 4 is 33.9 Å². The van der Waals surface area contributed by atoms with E-state index in [1.807, 2.05) is 18.2 Å². The Balaban J connectivity index is 1.90. The summed E-state index contributed by atoms with van der Waals surface area (Å²) in [7, 11) is 0. The van der Waals surface area contributed by atoms with Crippen LogP contribution in [0, 0.1) is 10.1 Å². The van der Waals surface area contributed by atoms with Gasteiger partial charge in [-0.2, -0.15) is 0 Å². The van der Waals surface area contributed by atoms with Gasteiger partial charge in [0.15, 0.2) is 0 Å². The van der Waals surface area contributed by atoms with Crippen molar-refractivity contribution in [3.63, 3.8) is 0 Å². The number of para-hydroxylation sites is 1. The van der Waals surface area contributed by atoms with Crippen LogP contribution in [0.4, 0.5) is 5.69 Å². The molecule has 3 aromatic rings. The number of aromatic amines is 1. The highest BCUT2D eigenvalue weighted by Gasteiger charge is 2.22. The summed E-state index contributed by atoms with van der Waals surface area (Å²) in [5.74, 6) is 0. The van der Waals surface area contributed by atoms with Gasteiger partial charge in [0.1, 0.15) is 5.02 Å². The van der Waals surface area contributed by atoms with Crippen molar-refractivity contribution < 1.29 is 4.92 Å². The molecule has 1 aliphatic rings. The summed E-state index contributed by atoms with van der Waals surface area (Å²) in [5, 5.41) is 12.4. The third-order valence-electron chi connectivity index (χ3n) is 4.10. The van der Waals surface area contributed by atoms with Gasteiger partial charge in [-0.05, 0) is 24.1 Å². The number of nitro benzene ring substituents is 1. The average Bonchev–Trinajstić information content (AvgIpc) is 2.94. The number of H-pyrrole nitrogens is 1. The molecule has 2 aromatic carbocycles. The van der Waals surface area contributed by atoms with Gasteiger partial charge in [0.25, 0.3) is 5.69 Å². The summed E-state index contributed by atoms with van der Waals surface area (Å²) in [6.07, 6.45) is 0.860. The van der Waals surface area contributed by atoms with Gasteiger partial charge in [0.2, 0.25) is 0 Å². The lowest BCUT2D eigenvalue weighted by Gasteiger charge is -2.13. The molecule has 114 valence electrons. The molecule has 5 nitrogen and oxygen atoms in total. The first kappa shape index (κ1) is 14.0. The Bertz CT molecular complexity index is 975. The molecule has 23 heavy (non-hydrogen) atoms. The van der Waals surface area contributed by atoms with Crippen molar-refractivity contribution in [1.29, 1.82) is 0 Å². The normalized spacial score (nSPS) is 13.7. The Kier molecular flexibility index (Phi) is 3.16. The van der Waals surface area contributed by atoms with Crippen molar-refractivity contribution in [1.82, 2.24) is 4.98 Å². The Hall–Kier alpha value is -2.66. The van der Waals surface area contributed by atoms with Crippen LogP contribution in [-0.2, 0) is 6.42 Å². The molecule has 0 radical (unpaired) electrons. The number of benzene rings is 2. The van der Waals surface area contributed by atoms with Crippen LogP contribution in [-0.4, -0.2) is 22.2 Å². The van der Waals surface area contributed by atoms with E-state index in [1.165, 1.54) is 17.0 Å². The van der Waals surface area contributed by atoms with Crippen LogP contribution in [0.5, 0.6) is 0 Å². The lowest BCUT2D eigenvalue weighted by atomic mass is 9.98. The third kappa shape index (κ3) is 2.21. The van der Waals surface area contributed by atoms with E-state index in [4.69, 9.17) is 11.6 Å². The molecule has 2 heterocycles. The van der Waals surface area contributed by atoms with Crippen LogP contribution < -0.4 is 0 Å². The van der Waals surface area contributed by atoms with Crippen molar-refractivity contribution in [2.45, 2.75) is 6.42 Å². The number of fused-ring (bicyclic) bond motifs is 3. The maximum atomic E-state index is 11.1. The minimum atomic E-state index is -0.471. The number of halogens is 1. The smallest absolute Gasteiger partial charge is 0.288 e. The third-order valence-corrected chi connectivity index (χ3v) is 4.42. The van der Waals surface area contributed by atoms with Crippen LogP contribution in [0.2, 0.25) is 5.02 Å². The molecule has 0 unspecified atom stereocenters. The van der Waals surface area contributed by atoms with Gasteiger partial charge in [-0.1, -0.05) is 35.9 Å². The molecule has 0 amide bonds. The number of nitro groups is 1. The molecule has 0 bridgehead atoms. The summed E-state index contributed by atoms with van der Waals surface area (Å²) >= 11 is 5.91. The van der Waals surface area contributed by atoms with E-state index < -0.39 is 4.92 Å². The molecule has 0 aliphatic carbocycles. The van der Waals surface area contributed by atoms with Gasteiger partial charge in [0, 0.05) is 29.1 Å². The molecule has 0 spiro atoms. The number of hydrogen-bond acceptors (Lipinski definition) is 3. The summed E-state index contributed by atoms with van der Waals surface area (Å²) in [6.45, 7) is 0.667. The van der Waals surface area contributed by atoms with Gasteiger partial charge < -0.3 is 4.98 Å². The first-order valence-corrected chi connectivity index (χ1v) is 7.61. The average molecular weight is 326 g/mol. The maximum Gasteiger partial charge on any atom is 0.288 e. The fourth-order valence-corrected chi connectivity index (χ4v) is 3.24. The Labute approximate surface area is 136 Å². The SMILES string of the molecule is O=[N+]([O-])c1cc(C2=NCCc3c2[nH]c2ccccc32)ccc1Cl. The van der Waals surface area contributed by atoms with Crippen molar-refractivity contribution in [2.75, 3.05) is 6.54 Å². The number of nitrogens with zero attached hydrogens (tertiary/aromatic N) is 2. The minimum Gasteiger partial charge on any atom is -0.353 e. The molecular formula is C17H12ClN3O2. The van der Waals surface area contributed by atoms with E-state index in [9.17, 15) is 10.1 Å². The van der Waals surface area contributed by atoms with Gasteiger partial charge in [-0.15, -0.1) is 0 Å². The Morgan fingerprint density at radius 1 is 1.22 bits per heavy atom. The second-order valence-electron chi connectivity index (χ2n) is 5.43. The van der Waals surface area contributed by atoms with Crippen LogP contribution in [0.1, 0.15) is 16.8 Å². The second-order valence-corrected chi connectivity index (χ2v) is 5.83. The van der Waals surface area contributed by atoms with Gasteiger partial charge >= 0.3 is 0 Å². The standard InChI is InChI=1S/C17H12ClN3O2/c18-13-6-5-10(9-15(13)21(22)23)16-17-12(7-8-19-16)11-3-1-2-4-14(11)20-17/h1-6,9,20H,7-8H2. The lowest BCUT2D eigenvalue weighted by Crippen LogP contribution is -2.14. The molecule has 4 rings (SSSR count). The predicted octanol–water partition coefficient (Wildman–Crippen LogP) is 4.12. The zero-order valence-electron chi connectivity index (χ0n) is 12.0. The van der Waals surface area contributed by atoms with Crippen LogP contribution >= 0.6 is 11.6 Å². The summed E-state index contributed by atoms with van der Waals surface area (Å²) < 4.78 is 0. The Morgan fingerprint density at radius 3 is 2.87 bits per heavy atom. The highest BCUT2D eigenvalue weighted by Crippen LogP contribution is 2.31. The van der Waals surface area contributed by atoms with Gasteiger partial charge in [-0.3, -0.25) is 15.1 Å². The molecular weight excluding hydrogens is 314 g/mol. The van der Waals surface area contributed by atoms with Crippen LogP contribution in [0.3, 0.4) is 0 Å². The predicted molar refractivity (Wildman–Crippen MR) is 90.6 cm³/mol. The number of nitrogens with one attached hydrogen (secondary N) is 1. The van der Waals surface area contributed by atoms with E-state index >= 15 is 0 Å². The molecule has 0 saturated carbocycles. The fraction of sp³-hybridized carbons (Fsp3) is 0.118. The molecule has 1 N–H and O–H groups in total. The second kappa shape index (κ2) is 5.21. The zero-order chi connectivity index (χ0) is 16.0. The number of aromatic nitrogens is 1. The molecule has 1 aliphatic heterocycles. The monoisotopic (exact) mass is 325 g/mol. The lowest BCUT2D eigenvalue weighted by molar-refractivity contribution is -0.384. The quantitative estimate of drug-likeness (QED) is 0.568. The molecule has 1 aromatic heterocycles. The molecule has 0 saturated heterocycles. The first-order chi connectivity index (χ1) is 11.1. The van der Waals surface area contributed by atoms with Crippen molar-refractivity contribution in [3.8, 4) is 0 Å². The molecule has 6 heteroatoms. The van der Waals surface area contributed by atoms with E-state index in [0.717, 1.165) is 23.3 Å². The summed E-state index contributed by atoms with van der Waals surface area (Å²) in [5.41, 5.74) is 4.55. The van der Waals surface area contributed by atoms with E-state index in [1.54, 1.807) is 12.1 Å². The van der Waals surface area contributed by atoms with E-state index in [0.29, 0.717) is 12.1 Å². The molecule has 0 fully saturated rings. The zero-order valence-corrected chi connectivity index (χ0v) is 12.8. The number of hydrogen-bond donors (Lipinski definition) is 1.